The van der Waals surface area contributed by atoms with Gasteiger partial charge in [0.1, 0.15) is 36.9 Å². The van der Waals surface area contributed by atoms with Crippen LogP contribution in [-0.4, -0.2) is 59.1 Å². The van der Waals surface area contributed by atoms with E-state index >= 15 is 0 Å². The van der Waals surface area contributed by atoms with Gasteiger partial charge in [0.2, 0.25) is 0 Å². The number of anilines is 6. The molecule has 0 bridgehead atoms. The number of nitrogens with zero attached hydrogens (tertiary/aromatic N) is 2. The molecular weight excluding hydrogens is 628 g/mol. The summed E-state index contributed by atoms with van der Waals surface area (Å²) in [5, 5.41) is 37.4. The number of para-hydroxylation sites is 2. The SMILES string of the molecule is OCC(O)COc1ccc(N(c2ccccc2)c2ccc(-c3ccc(N(c4ccccc4)c4ccc(OCC(O)CO)cc4)cc3)cc2)cc1. The Morgan fingerprint density at radius 3 is 0.960 bits per heavy atom. The zero-order chi connectivity index (χ0) is 34.7. The fraction of sp³-hybridized carbons (Fsp3) is 0.143. The summed E-state index contributed by atoms with van der Waals surface area (Å²) < 4.78 is 11.2. The van der Waals surface area contributed by atoms with Crippen molar-refractivity contribution < 1.29 is 29.9 Å². The minimum absolute atomic E-state index is 0.0205. The van der Waals surface area contributed by atoms with Gasteiger partial charge < -0.3 is 39.7 Å². The van der Waals surface area contributed by atoms with Crippen LogP contribution >= 0.6 is 0 Å². The average Bonchev–Trinajstić information content (AvgIpc) is 3.18. The quantitative estimate of drug-likeness (QED) is 0.0881. The monoisotopic (exact) mass is 668 g/mol. The summed E-state index contributed by atoms with van der Waals surface area (Å²) in [6, 6.07) is 52.5. The molecule has 0 aliphatic rings. The maximum atomic E-state index is 9.64. The molecule has 0 fully saturated rings. The topological polar surface area (TPSA) is 106 Å². The molecule has 6 aromatic rings. The largest absolute Gasteiger partial charge is 0.491 e. The molecule has 0 aromatic heterocycles. The molecule has 2 atom stereocenters. The minimum atomic E-state index is -0.924. The second-order valence-corrected chi connectivity index (χ2v) is 11.7. The van der Waals surface area contributed by atoms with Crippen LogP contribution in [0, 0.1) is 0 Å². The Kier molecular flexibility index (Phi) is 11.4. The molecule has 0 saturated carbocycles. The van der Waals surface area contributed by atoms with E-state index in [0.29, 0.717) is 11.5 Å². The maximum absolute atomic E-state index is 9.64. The Balaban J connectivity index is 1.23. The number of aliphatic hydroxyl groups is 4. The van der Waals surface area contributed by atoms with Gasteiger partial charge in [-0.05, 0) is 108 Å². The van der Waals surface area contributed by atoms with Crippen molar-refractivity contribution in [2.75, 3.05) is 36.2 Å². The van der Waals surface area contributed by atoms with E-state index in [-0.39, 0.29) is 26.4 Å². The van der Waals surface area contributed by atoms with Crippen molar-refractivity contribution in [1.29, 1.82) is 0 Å². The summed E-state index contributed by atoms with van der Waals surface area (Å²) in [5.74, 6) is 1.22. The van der Waals surface area contributed by atoms with E-state index in [4.69, 9.17) is 19.7 Å². The third-order valence-electron chi connectivity index (χ3n) is 8.11. The number of aliphatic hydroxyl groups excluding tert-OH is 4. The van der Waals surface area contributed by atoms with Gasteiger partial charge in [0.25, 0.3) is 0 Å². The molecule has 2 unspecified atom stereocenters. The van der Waals surface area contributed by atoms with Crippen LogP contribution in [0.1, 0.15) is 0 Å². The molecule has 50 heavy (non-hydrogen) atoms. The van der Waals surface area contributed by atoms with Crippen LogP contribution in [0.2, 0.25) is 0 Å². The number of rotatable bonds is 15. The molecule has 6 rings (SSSR count). The van der Waals surface area contributed by atoms with E-state index in [1.54, 1.807) is 0 Å². The highest BCUT2D eigenvalue weighted by molar-refractivity contribution is 5.80. The third kappa shape index (κ3) is 8.49. The summed E-state index contributed by atoms with van der Waals surface area (Å²) in [7, 11) is 0. The highest BCUT2D eigenvalue weighted by Crippen LogP contribution is 2.38. The standard InChI is InChI=1S/C42H40N2O6/c45-27-39(47)29-49-41-23-19-37(20-24-41)43(33-7-3-1-4-8-33)35-15-11-31(12-16-35)32-13-17-36(18-14-32)44(34-9-5-2-6-10-34)38-21-25-42(26-22-38)50-30-40(48)28-46/h1-26,39-40,45-48H,27-30H2. The number of benzene rings is 6. The van der Waals surface area contributed by atoms with Crippen molar-refractivity contribution in [2.24, 2.45) is 0 Å². The number of hydrogen-bond donors (Lipinski definition) is 4. The summed E-state index contributed by atoms with van der Waals surface area (Å²) in [6.45, 7) is -0.657. The van der Waals surface area contributed by atoms with Crippen molar-refractivity contribution >= 4 is 34.1 Å². The molecule has 0 saturated heterocycles. The van der Waals surface area contributed by atoms with Gasteiger partial charge in [-0.3, -0.25) is 0 Å². The Hall–Kier alpha value is -5.64. The normalized spacial score (nSPS) is 12.2. The molecule has 0 aliphatic carbocycles. The molecule has 8 nitrogen and oxygen atoms in total. The predicted octanol–water partition coefficient (Wildman–Crippen LogP) is 7.76. The molecule has 0 radical (unpaired) electrons. The van der Waals surface area contributed by atoms with Crippen LogP contribution in [0.4, 0.5) is 34.1 Å². The van der Waals surface area contributed by atoms with Crippen molar-refractivity contribution in [3.8, 4) is 22.6 Å². The van der Waals surface area contributed by atoms with Crippen LogP contribution in [0.5, 0.6) is 11.5 Å². The Labute approximate surface area is 292 Å². The Bertz CT molecular complexity index is 1740. The van der Waals surface area contributed by atoms with E-state index in [0.717, 1.165) is 45.3 Å². The van der Waals surface area contributed by atoms with Gasteiger partial charge in [0, 0.05) is 34.1 Å². The molecule has 6 aromatic carbocycles. The van der Waals surface area contributed by atoms with Gasteiger partial charge in [-0.1, -0.05) is 60.7 Å². The first kappa shape index (κ1) is 34.2. The Morgan fingerprint density at radius 2 is 0.660 bits per heavy atom. The van der Waals surface area contributed by atoms with E-state index in [1.807, 2.05) is 84.9 Å². The molecule has 0 amide bonds. The summed E-state index contributed by atoms with van der Waals surface area (Å²) in [5.41, 5.74) is 8.08. The highest BCUT2D eigenvalue weighted by atomic mass is 16.5. The van der Waals surface area contributed by atoms with Gasteiger partial charge in [-0.15, -0.1) is 0 Å². The van der Waals surface area contributed by atoms with Crippen molar-refractivity contribution in [3.63, 3.8) is 0 Å². The zero-order valence-corrected chi connectivity index (χ0v) is 27.5. The fourth-order valence-corrected chi connectivity index (χ4v) is 5.53. The predicted molar refractivity (Wildman–Crippen MR) is 198 cm³/mol. The Morgan fingerprint density at radius 1 is 0.380 bits per heavy atom. The van der Waals surface area contributed by atoms with E-state index < -0.39 is 12.2 Å². The van der Waals surface area contributed by atoms with Crippen LogP contribution in [-0.2, 0) is 0 Å². The smallest absolute Gasteiger partial charge is 0.119 e. The molecule has 0 heterocycles. The molecule has 0 spiro atoms. The van der Waals surface area contributed by atoms with Crippen LogP contribution < -0.4 is 19.3 Å². The lowest BCUT2D eigenvalue weighted by atomic mass is 10.0. The summed E-state index contributed by atoms with van der Waals surface area (Å²) >= 11 is 0. The number of hydrogen-bond acceptors (Lipinski definition) is 8. The van der Waals surface area contributed by atoms with Crippen molar-refractivity contribution in [1.82, 2.24) is 0 Å². The van der Waals surface area contributed by atoms with Crippen molar-refractivity contribution in [2.45, 2.75) is 12.2 Å². The van der Waals surface area contributed by atoms with Gasteiger partial charge in [-0.25, -0.2) is 0 Å². The van der Waals surface area contributed by atoms with Crippen LogP contribution in [0.3, 0.4) is 0 Å². The summed E-state index contributed by atoms with van der Waals surface area (Å²) in [4.78, 5) is 4.34. The van der Waals surface area contributed by atoms with E-state index in [9.17, 15) is 10.2 Å². The van der Waals surface area contributed by atoms with Crippen LogP contribution in [0.25, 0.3) is 11.1 Å². The van der Waals surface area contributed by atoms with E-state index in [2.05, 4.69) is 82.6 Å². The fourth-order valence-electron chi connectivity index (χ4n) is 5.53. The first-order chi connectivity index (χ1) is 24.5. The first-order valence-corrected chi connectivity index (χ1v) is 16.5. The molecule has 254 valence electrons. The third-order valence-corrected chi connectivity index (χ3v) is 8.11. The van der Waals surface area contributed by atoms with Gasteiger partial charge in [0.05, 0.1) is 13.2 Å². The minimum Gasteiger partial charge on any atom is -0.491 e. The number of ether oxygens (including phenoxy) is 2. The van der Waals surface area contributed by atoms with Crippen molar-refractivity contribution in [3.05, 3.63) is 158 Å². The second kappa shape index (κ2) is 16.6. The van der Waals surface area contributed by atoms with E-state index in [1.165, 1.54) is 0 Å². The maximum Gasteiger partial charge on any atom is 0.119 e. The van der Waals surface area contributed by atoms with Gasteiger partial charge in [0.15, 0.2) is 0 Å². The van der Waals surface area contributed by atoms with Gasteiger partial charge >= 0.3 is 0 Å². The zero-order valence-electron chi connectivity index (χ0n) is 27.5. The molecule has 8 heteroatoms. The summed E-state index contributed by atoms with van der Waals surface area (Å²) in [6.07, 6.45) is -1.85. The van der Waals surface area contributed by atoms with Crippen LogP contribution in [0.15, 0.2) is 158 Å². The second-order valence-electron chi connectivity index (χ2n) is 11.7. The first-order valence-electron chi connectivity index (χ1n) is 16.5. The lowest BCUT2D eigenvalue weighted by Crippen LogP contribution is -2.21. The highest BCUT2D eigenvalue weighted by Gasteiger charge is 2.15. The molecule has 4 N–H and O–H groups in total. The molecule has 0 aliphatic heterocycles. The van der Waals surface area contributed by atoms with Gasteiger partial charge in [-0.2, -0.15) is 0 Å². The lowest BCUT2D eigenvalue weighted by molar-refractivity contribution is 0.0536. The average molecular weight is 669 g/mol. The molecular formula is C42H40N2O6. The lowest BCUT2D eigenvalue weighted by Gasteiger charge is -2.26.